The van der Waals surface area contributed by atoms with Gasteiger partial charge in [0.05, 0.1) is 0 Å². The fourth-order valence-corrected chi connectivity index (χ4v) is 2.42. The molecule has 2 fully saturated rings. The third-order valence-electron chi connectivity index (χ3n) is 3.44. The van der Waals surface area contributed by atoms with Crippen molar-refractivity contribution in [2.45, 2.75) is 38.6 Å². The number of anilines is 1. The van der Waals surface area contributed by atoms with E-state index in [1.807, 2.05) is 0 Å². The van der Waals surface area contributed by atoms with E-state index >= 15 is 0 Å². The summed E-state index contributed by atoms with van der Waals surface area (Å²) in [4.78, 5) is 2.36. The highest BCUT2D eigenvalue weighted by Gasteiger charge is 2.31. The second-order valence-corrected chi connectivity index (χ2v) is 5.30. The van der Waals surface area contributed by atoms with Gasteiger partial charge in [0, 0.05) is 19.1 Å². The SMILES string of the molecule is CCN(CC1CC1)c1n[nH]c(=S)n1C1CC1. The van der Waals surface area contributed by atoms with E-state index in [0.717, 1.165) is 29.7 Å². The third kappa shape index (κ3) is 1.88. The van der Waals surface area contributed by atoms with Gasteiger partial charge in [0.1, 0.15) is 0 Å². The van der Waals surface area contributed by atoms with E-state index in [1.165, 1.54) is 25.7 Å². The lowest BCUT2D eigenvalue weighted by atomic mass is 10.4. The first kappa shape index (κ1) is 10.3. The highest BCUT2D eigenvalue weighted by atomic mass is 32.1. The average Bonchev–Trinajstić information content (AvgIpc) is 3.17. The molecule has 2 aliphatic carbocycles. The quantitative estimate of drug-likeness (QED) is 0.801. The summed E-state index contributed by atoms with van der Waals surface area (Å²) in [5.41, 5.74) is 0. The third-order valence-corrected chi connectivity index (χ3v) is 3.73. The predicted octanol–water partition coefficient (Wildman–Crippen LogP) is 2.51. The van der Waals surface area contributed by atoms with Crippen molar-refractivity contribution in [3.05, 3.63) is 4.77 Å². The largest absolute Gasteiger partial charge is 0.341 e. The van der Waals surface area contributed by atoms with Gasteiger partial charge in [0.25, 0.3) is 0 Å². The number of aromatic amines is 1. The Morgan fingerprint density at radius 3 is 2.75 bits per heavy atom. The van der Waals surface area contributed by atoms with Crippen LogP contribution >= 0.6 is 12.2 Å². The van der Waals surface area contributed by atoms with E-state index in [4.69, 9.17) is 12.2 Å². The zero-order valence-corrected chi connectivity index (χ0v) is 10.5. The molecule has 0 unspecified atom stereocenters. The van der Waals surface area contributed by atoms with Gasteiger partial charge in [-0.1, -0.05) is 0 Å². The number of H-pyrrole nitrogens is 1. The number of rotatable bonds is 5. The highest BCUT2D eigenvalue weighted by molar-refractivity contribution is 7.71. The van der Waals surface area contributed by atoms with Crippen LogP contribution in [0.3, 0.4) is 0 Å². The van der Waals surface area contributed by atoms with Crippen LogP contribution in [0.15, 0.2) is 0 Å². The smallest absolute Gasteiger partial charge is 0.225 e. The minimum Gasteiger partial charge on any atom is -0.341 e. The molecule has 1 N–H and O–H groups in total. The highest BCUT2D eigenvalue weighted by Crippen LogP contribution is 2.38. The Morgan fingerprint density at radius 2 is 2.19 bits per heavy atom. The van der Waals surface area contributed by atoms with Crippen LogP contribution in [-0.2, 0) is 0 Å². The van der Waals surface area contributed by atoms with Crippen molar-refractivity contribution in [1.29, 1.82) is 0 Å². The molecule has 0 bridgehead atoms. The Kier molecular flexibility index (Phi) is 2.50. The molecule has 0 spiro atoms. The van der Waals surface area contributed by atoms with Gasteiger partial charge >= 0.3 is 0 Å². The summed E-state index contributed by atoms with van der Waals surface area (Å²) in [5.74, 6) is 1.94. The number of hydrogen-bond acceptors (Lipinski definition) is 3. The van der Waals surface area contributed by atoms with Crippen LogP contribution in [0, 0.1) is 10.7 Å². The van der Waals surface area contributed by atoms with Crippen LogP contribution in [0.5, 0.6) is 0 Å². The average molecular weight is 238 g/mol. The predicted molar refractivity (Wildman–Crippen MR) is 66.3 cm³/mol. The van der Waals surface area contributed by atoms with Crippen LogP contribution in [-0.4, -0.2) is 27.9 Å². The first-order valence-corrected chi connectivity index (χ1v) is 6.62. The maximum absolute atomic E-state index is 5.30. The first-order valence-electron chi connectivity index (χ1n) is 6.21. The molecule has 1 heterocycles. The molecule has 0 amide bonds. The van der Waals surface area contributed by atoms with Gasteiger partial charge in [0.15, 0.2) is 4.77 Å². The second kappa shape index (κ2) is 3.87. The normalized spacial score (nSPS) is 20.1. The molecule has 5 heteroatoms. The van der Waals surface area contributed by atoms with Crippen LogP contribution in [0.1, 0.15) is 38.6 Å². The van der Waals surface area contributed by atoms with Crippen molar-refractivity contribution >= 4 is 18.2 Å². The van der Waals surface area contributed by atoms with Crippen molar-refractivity contribution in [3.8, 4) is 0 Å². The summed E-state index contributed by atoms with van der Waals surface area (Å²) >= 11 is 5.30. The Morgan fingerprint density at radius 1 is 1.44 bits per heavy atom. The van der Waals surface area contributed by atoms with E-state index < -0.39 is 0 Å². The molecule has 0 radical (unpaired) electrons. The number of nitrogens with one attached hydrogen (secondary N) is 1. The summed E-state index contributed by atoms with van der Waals surface area (Å²) in [5, 5.41) is 7.34. The molecule has 1 aromatic heterocycles. The molecule has 0 aromatic carbocycles. The minimum absolute atomic E-state index is 0.606. The zero-order valence-electron chi connectivity index (χ0n) is 9.65. The van der Waals surface area contributed by atoms with Crippen LogP contribution in [0.4, 0.5) is 5.95 Å². The summed E-state index contributed by atoms with van der Waals surface area (Å²) < 4.78 is 2.99. The first-order chi connectivity index (χ1) is 7.79. The van der Waals surface area contributed by atoms with Crippen molar-refractivity contribution in [1.82, 2.24) is 14.8 Å². The van der Waals surface area contributed by atoms with Crippen molar-refractivity contribution in [2.75, 3.05) is 18.0 Å². The number of aromatic nitrogens is 3. The molecule has 16 heavy (non-hydrogen) atoms. The van der Waals surface area contributed by atoms with Gasteiger partial charge in [-0.2, -0.15) is 0 Å². The second-order valence-electron chi connectivity index (χ2n) is 4.91. The van der Waals surface area contributed by atoms with E-state index in [2.05, 4.69) is 26.6 Å². The number of nitrogens with zero attached hydrogens (tertiary/aromatic N) is 3. The van der Waals surface area contributed by atoms with E-state index in [-0.39, 0.29) is 0 Å². The van der Waals surface area contributed by atoms with Crippen LogP contribution < -0.4 is 4.90 Å². The summed E-state index contributed by atoms with van der Waals surface area (Å²) in [6.07, 6.45) is 5.26. The van der Waals surface area contributed by atoms with Crippen LogP contribution in [0.2, 0.25) is 0 Å². The Hall–Kier alpha value is -0.840. The van der Waals surface area contributed by atoms with Gasteiger partial charge < -0.3 is 4.90 Å². The lowest BCUT2D eigenvalue weighted by molar-refractivity contribution is 0.659. The molecule has 0 atom stereocenters. The van der Waals surface area contributed by atoms with E-state index in [9.17, 15) is 0 Å². The molecule has 3 rings (SSSR count). The molecular weight excluding hydrogens is 220 g/mol. The standard InChI is InChI=1S/C11H18N4S/c1-2-14(7-8-3-4-8)10-12-13-11(16)15(10)9-5-6-9/h8-9H,2-7H2,1H3,(H,13,16). The molecule has 2 saturated carbocycles. The maximum atomic E-state index is 5.30. The Balaban J connectivity index is 1.87. The van der Waals surface area contributed by atoms with Gasteiger partial charge in [-0.25, -0.2) is 5.10 Å². The van der Waals surface area contributed by atoms with Gasteiger partial charge in [-0.3, -0.25) is 4.57 Å². The minimum atomic E-state index is 0.606. The summed E-state index contributed by atoms with van der Waals surface area (Å²) in [7, 11) is 0. The van der Waals surface area contributed by atoms with Gasteiger partial charge in [-0.15, -0.1) is 5.10 Å². The lowest BCUT2D eigenvalue weighted by Gasteiger charge is -2.21. The molecule has 88 valence electrons. The van der Waals surface area contributed by atoms with Gasteiger partial charge in [0.2, 0.25) is 5.95 Å². The van der Waals surface area contributed by atoms with E-state index in [0.29, 0.717) is 6.04 Å². The molecule has 0 saturated heterocycles. The Labute approximate surface area is 101 Å². The molecule has 0 aliphatic heterocycles. The fraction of sp³-hybridized carbons (Fsp3) is 0.818. The molecule has 2 aliphatic rings. The molecular formula is C11H18N4S. The van der Waals surface area contributed by atoms with Crippen molar-refractivity contribution in [3.63, 3.8) is 0 Å². The summed E-state index contributed by atoms with van der Waals surface area (Å²) in [6.45, 7) is 4.35. The van der Waals surface area contributed by atoms with Gasteiger partial charge in [-0.05, 0) is 50.7 Å². The maximum Gasteiger partial charge on any atom is 0.225 e. The van der Waals surface area contributed by atoms with Crippen LogP contribution in [0.25, 0.3) is 0 Å². The van der Waals surface area contributed by atoms with Crippen molar-refractivity contribution in [2.24, 2.45) is 5.92 Å². The zero-order chi connectivity index (χ0) is 11.1. The number of hydrogen-bond donors (Lipinski definition) is 1. The Bertz CT molecular complexity index is 427. The molecule has 1 aromatic rings. The monoisotopic (exact) mass is 238 g/mol. The summed E-state index contributed by atoms with van der Waals surface area (Å²) in [6, 6.07) is 0.606. The fourth-order valence-electron chi connectivity index (χ4n) is 2.15. The van der Waals surface area contributed by atoms with E-state index in [1.54, 1.807) is 0 Å². The van der Waals surface area contributed by atoms with Crippen molar-refractivity contribution < 1.29 is 0 Å². The molecule has 4 nitrogen and oxygen atoms in total. The lowest BCUT2D eigenvalue weighted by Crippen LogP contribution is -2.28. The topological polar surface area (TPSA) is 36.9 Å².